The molecule has 0 radical (unpaired) electrons. The van der Waals surface area contributed by atoms with Crippen molar-refractivity contribution in [3.63, 3.8) is 0 Å². The molecule has 0 fully saturated rings. The first-order valence-corrected chi connectivity index (χ1v) is 6.00. The van der Waals surface area contributed by atoms with Crippen LogP contribution in [-0.4, -0.2) is 21.8 Å². The first-order chi connectivity index (χ1) is 8.69. The van der Waals surface area contributed by atoms with Gasteiger partial charge in [-0.15, -0.1) is 0 Å². The van der Waals surface area contributed by atoms with Gasteiger partial charge in [-0.05, 0) is 6.07 Å². The molecule has 0 saturated heterocycles. The van der Waals surface area contributed by atoms with E-state index in [0.717, 1.165) is 23.5 Å². The molecule has 1 aromatic carbocycles. The van der Waals surface area contributed by atoms with Crippen molar-refractivity contribution >= 4 is 0 Å². The highest BCUT2D eigenvalue weighted by Gasteiger charge is 2.19. The van der Waals surface area contributed by atoms with Gasteiger partial charge in [0, 0.05) is 19.0 Å². The van der Waals surface area contributed by atoms with Crippen molar-refractivity contribution in [3.8, 4) is 5.75 Å². The van der Waals surface area contributed by atoms with E-state index in [1.165, 1.54) is 0 Å². The van der Waals surface area contributed by atoms with Crippen LogP contribution in [-0.2, 0) is 13.5 Å². The summed E-state index contributed by atoms with van der Waals surface area (Å²) in [6.07, 6.45) is 1.84. The molecule has 0 aliphatic heterocycles. The Morgan fingerprint density at radius 2 is 2.11 bits per heavy atom. The highest BCUT2D eigenvalue weighted by Crippen LogP contribution is 2.29. The Morgan fingerprint density at radius 3 is 2.72 bits per heavy atom. The number of para-hydroxylation sites is 1. The lowest BCUT2D eigenvalue weighted by molar-refractivity contribution is 0.206. The highest BCUT2D eigenvalue weighted by atomic mass is 16.5. The van der Waals surface area contributed by atoms with E-state index in [9.17, 15) is 5.11 Å². The summed E-state index contributed by atoms with van der Waals surface area (Å²) in [5, 5.41) is 10.5. The number of nitrogens with zero attached hydrogens (tertiary/aromatic N) is 2. The largest absolute Gasteiger partial charge is 0.496 e. The van der Waals surface area contributed by atoms with Crippen molar-refractivity contribution in [2.45, 2.75) is 19.4 Å². The van der Waals surface area contributed by atoms with E-state index >= 15 is 0 Å². The number of aliphatic hydroxyl groups is 1. The van der Waals surface area contributed by atoms with Gasteiger partial charge in [0.15, 0.2) is 0 Å². The summed E-state index contributed by atoms with van der Waals surface area (Å²) in [5.41, 5.74) is 1.53. The molecule has 1 aromatic heterocycles. The van der Waals surface area contributed by atoms with Crippen molar-refractivity contribution in [3.05, 3.63) is 47.5 Å². The molecule has 0 bridgehead atoms. The van der Waals surface area contributed by atoms with Crippen LogP contribution >= 0.6 is 0 Å². The number of hydrogen-bond donors (Lipinski definition) is 1. The molecular formula is C14H18N2O2. The molecule has 0 aliphatic carbocycles. The maximum Gasteiger partial charge on any atom is 0.125 e. The fraction of sp³-hybridized carbons (Fsp3) is 0.357. The van der Waals surface area contributed by atoms with Gasteiger partial charge in [0.2, 0.25) is 0 Å². The van der Waals surface area contributed by atoms with Gasteiger partial charge in [-0.2, -0.15) is 0 Å². The minimum Gasteiger partial charge on any atom is -0.496 e. The number of aromatic nitrogens is 2. The van der Waals surface area contributed by atoms with Gasteiger partial charge in [0.05, 0.1) is 19.0 Å². The Labute approximate surface area is 107 Å². The van der Waals surface area contributed by atoms with Crippen molar-refractivity contribution in [1.29, 1.82) is 0 Å². The van der Waals surface area contributed by atoms with Crippen LogP contribution in [0.4, 0.5) is 0 Å². The minimum atomic E-state index is -0.723. The average molecular weight is 246 g/mol. The summed E-state index contributed by atoms with van der Waals surface area (Å²) < 4.78 is 7.20. The van der Waals surface area contributed by atoms with Crippen molar-refractivity contribution in [1.82, 2.24) is 9.55 Å². The first-order valence-electron chi connectivity index (χ1n) is 6.00. The number of aliphatic hydroxyl groups excluding tert-OH is 1. The summed E-state index contributed by atoms with van der Waals surface area (Å²) in [5.74, 6) is 1.64. The van der Waals surface area contributed by atoms with Crippen molar-refractivity contribution in [2.24, 2.45) is 7.05 Å². The van der Waals surface area contributed by atoms with Gasteiger partial charge >= 0.3 is 0 Å². The van der Waals surface area contributed by atoms with Crippen LogP contribution in [0, 0.1) is 0 Å². The summed E-state index contributed by atoms with van der Waals surface area (Å²) in [4.78, 5) is 4.30. The fourth-order valence-corrected chi connectivity index (χ4v) is 2.10. The molecule has 1 N–H and O–H groups in total. The summed E-state index contributed by atoms with van der Waals surface area (Å²) in [6.45, 7) is 2.04. The molecule has 18 heavy (non-hydrogen) atoms. The Bertz CT molecular complexity index is 534. The van der Waals surface area contributed by atoms with E-state index in [2.05, 4.69) is 4.98 Å². The highest BCUT2D eigenvalue weighted by molar-refractivity contribution is 5.38. The average Bonchev–Trinajstić information content (AvgIpc) is 2.79. The maximum absolute atomic E-state index is 10.5. The zero-order valence-electron chi connectivity index (χ0n) is 10.9. The molecule has 1 heterocycles. The zero-order valence-corrected chi connectivity index (χ0v) is 10.9. The van der Waals surface area contributed by atoms with Crippen LogP contribution in [0.1, 0.15) is 30.1 Å². The van der Waals surface area contributed by atoms with Crippen LogP contribution in [0.25, 0.3) is 0 Å². The smallest absolute Gasteiger partial charge is 0.125 e. The number of rotatable bonds is 4. The van der Waals surface area contributed by atoms with Crippen LogP contribution in [0.2, 0.25) is 0 Å². The minimum absolute atomic E-state index is 0.684. The molecule has 96 valence electrons. The standard InChI is InChI=1S/C14H18N2O2/c1-4-13-15-9-11(16(13)2)14(17)10-7-5-6-8-12(10)18-3/h5-9,14,17H,4H2,1-3H3/t14-/m1/s1. The van der Waals surface area contributed by atoms with E-state index in [1.54, 1.807) is 13.3 Å². The lowest BCUT2D eigenvalue weighted by Gasteiger charge is -2.15. The number of methoxy groups -OCH3 is 1. The Hall–Kier alpha value is -1.81. The molecule has 0 amide bonds. The van der Waals surface area contributed by atoms with E-state index in [1.807, 2.05) is 42.8 Å². The zero-order chi connectivity index (χ0) is 13.1. The predicted molar refractivity (Wildman–Crippen MR) is 69.6 cm³/mol. The van der Waals surface area contributed by atoms with Gasteiger partial charge in [0.1, 0.15) is 17.7 Å². The molecule has 0 spiro atoms. The van der Waals surface area contributed by atoms with Gasteiger partial charge in [-0.1, -0.05) is 25.1 Å². The quantitative estimate of drug-likeness (QED) is 0.898. The number of imidazole rings is 1. The fourth-order valence-electron chi connectivity index (χ4n) is 2.10. The molecular weight excluding hydrogens is 228 g/mol. The molecule has 4 heteroatoms. The molecule has 0 unspecified atom stereocenters. The van der Waals surface area contributed by atoms with E-state index in [0.29, 0.717) is 5.75 Å². The first kappa shape index (κ1) is 12.6. The monoisotopic (exact) mass is 246 g/mol. The Kier molecular flexibility index (Phi) is 3.67. The number of benzene rings is 1. The Morgan fingerprint density at radius 1 is 1.39 bits per heavy atom. The van der Waals surface area contributed by atoms with E-state index in [4.69, 9.17) is 4.74 Å². The second kappa shape index (κ2) is 5.23. The van der Waals surface area contributed by atoms with Crippen LogP contribution in [0.3, 0.4) is 0 Å². The summed E-state index contributed by atoms with van der Waals surface area (Å²) in [6, 6.07) is 7.48. The van der Waals surface area contributed by atoms with E-state index < -0.39 is 6.10 Å². The maximum atomic E-state index is 10.5. The summed E-state index contributed by atoms with van der Waals surface area (Å²) >= 11 is 0. The number of aryl methyl sites for hydroxylation is 1. The molecule has 1 atom stereocenters. The van der Waals surface area contributed by atoms with Crippen LogP contribution in [0.5, 0.6) is 5.75 Å². The molecule has 2 rings (SSSR count). The normalized spacial score (nSPS) is 12.4. The second-order valence-corrected chi connectivity index (χ2v) is 4.16. The van der Waals surface area contributed by atoms with Gasteiger partial charge in [-0.25, -0.2) is 4.98 Å². The predicted octanol–water partition coefficient (Wildman–Crippen LogP) is 2.07. The van der Waals surface area contributed by atoms with Gasteiger partial charge in [0.25, 0.3) is 0 Å². The third-order valence-electron chi connectivity index (χ3n) is 3.15. The lowest BCUT2D eigenvalue weighted by atomic mass is 10.1. The topological polar surface area (TPSA) is 47.3 Å². The van der Waals surface area contributed by atoms with Crippen LogP contribution in [0.15, 0.2) is 30.5 Å². The molecule has 2 aromatic rings. The van der Waals surface area contributed by atoms with Crippen molar-refractivity contribution < 1.29 is 9.84 Å². The SMILES string of the molecule is CCc1ncc([C@H](O)c2ccccc2OC)n1C. The third kappa shape index (κ3) is 2.11. The van der Waals surface area contributed by atoms with Gasteiger partial charge in [-0.3, -0.25) is 0 Å². The molecule has 0 saturated carbocycles. The number of ether oxygens (including phenoxy) is 1. The molecule has 4 nitrogen and oxygen atoms in total. The van der Waals surface area contributed by atoms with Gasteiger partial charge < -0.3 is 14.4 Å². The number of hydrogen-bond acceptors (Lipinski definition) is 3. The molecule has 0 aliphatic rings. The second-order valence-electron chi connectivity index (χ2n) is 4.16. The lowest BCUT2D eigenvalue weighted by Crippen LogP contribution is -2.08. The van der Waals surface area contributed by atoms with E-state index in [-0.39, 0.29) is 0 Å². The van der Waals surface area contributed by atoms with Crippen molar-refractivity contribution in [2.75, 3.05) is 7.11 Å². The summed E-state index contributed by atoms with van der Waals surface area (Å²) in [7, 11) is 3.52. The Balaban J connectivity index is 2.41. The van der Waals surface area contributed by atoms with Crippen LogP contribution < -0.4 is 4.74 Å². The third-order valence-corrected chi connectivity index (χ3v) is 3.15.